The largest absolute Gasteiger partial charge is 0.506 e. The summed E-state index contributed by atoms with van der Waals surface area (Å²) in [5.74, 6) is -2.36. The number of nitrogens with zero attached hydrogens (tertiary/aromatic N) is 2. The number of para-hydroxylation sites is 1. The zero-order chi connectivity index (χ0) is 20.4. The van der Waals surface area contributed by atoms with Crippen LogP contribution in [0.5, 0.6) is 5.75 Å². The Morgan fingerprint density at radius 3 is 2.46 bits per heavy atom. The number of aryl methyl sites for hydroxylation is 1. The Bertz CT molecular complexity index is 1180. The number of aromatic nitrogens is 1. The summed E-state index contributed by atoms with van der Waals surface area (Å²) >= 11 is 0. The van der Waals surface area contributed by atoms with Gasteiger partial charge in [0.1, 0.15) is 11.3 Å². The maximum absolute atomic E-state index is 12.4. The third-order valence-corrected chi connectivity index (χ3v) is 4.11. The zero-order valence-corrected chi connectivity index (χ0v) is 14.5. The molecule has 0 aliphatic heterocycles. The molecule has 0 aliphatic carbocycles. The van der Waals surface area contributed by atoms with E-state index in [0.29, 0.717) is 10.9 Å². The highest BCUT2D eigenvalue weighted by Gasteiger charge is 2.21. The fraction of sp³-hybridized carbons (Fsp3) is 0.0556. The van der Waals surface area contributed by atoms with Gasteiger partial charge in [0, 0.05) is 30.1 Å². The van der Waals surface area contributed by atoms with E-state index in [1.54, 1.807) is 24.3 Å². The standard InChI is InChI=1S/C18H14N4O6/c1-21-13-8-3-2-7-12(13)15(23)14(18(21)26)17(25)20-19-16(24)10-5-4-6-11(9-10)22(27)28/h2-9,23H,1H3,(H,19,24)(H,20,25). The van der Waals surface area contributed by atoms with Crippen molar-refractivity contribution in [2.24, 2.45) is 7.05 Å². The lowest BCUT2D eigenvalue weighted by molar-refractivity contribution is -0.384. The molecular weight excluding hydrogens is 368 g/mol. The molecule has 0 fully saturated rings. The van der Waals surface area contributed by atoms with Crippen molar-refractivity contribution < 1.29 is 19.6 Å². The summed E-state index contributed by atoms with van der Waals surface area (Å²) in [5.41, 5.74) is 2.89. The number of non-ortho nitro benzene ring substituents is 1. The molecule has 0 radical (unpaired) electrons. The molecular formula is C18H14N4O6. The van der Waals surface area contributed by atoms with E-state index in [9.17, 15) is 29.6 Å². The van der Waals surface area contributed by atoms with Crippen LogP contribution in [-0.4, -0.2) is 26.4 Å². The fourth-order valence-corrected chi connectivity index (χ4v) is 2.69. The van der Waals surface area contributed by atoms with Crippen molar-refractivity contribution in [3.8, 4) is 5.75 Å². The van der Waals surface area contributed by atoms with Gasteiger partial charge in [-0.05, 0) is 18.2 Å². The van der Waals surface area contributed by atoms with Crippen LogP contribution in [0.3, 0.4) is 0 Å². The highest BCUT2D eigenvalue weighted by Crippen LogP contribution is 2.25. The highest BCUT2D eigenvalue weighted by atomic mass is 16.6. The van der Waals surface area contributed by atoms with Crippen LogP contribution in [0.25, 0.3) is 10.9 Å². The Kier molecular flexibility index (Phi) is 4.77. The van der Waals surface area contributed by atoms with Crippen molar-refractivity contribution in [2.45, 2.75) is 0 Å². The minimum Gasteiger partial charge on any atom is -0.506 e. The van der Waals surface area contributed by atoms with Gasteiger partial charge in [0.2, 0.25) is 0 Å². The molecule has 142 valence electrons. The van der Waals surface area contributed by atoms with Crippen LogP contribution < -0.4 is 16.4 Å². The van der Waals surface area contributed by atoms with E-state index >= 15 is 0 Å². The molecule has 1 heterocycles. The molecule has 0 spiro atoms. The number of pyridine rings is 1. The second kappa shape index (κ2) is 7.19. The van der Waals surface area contributed by atoms with E-state index in [4.69, 9.17) is 0 Å². The highest BCUT2D eigenvalue weighted by molar-refractivity contribution is 6.04. The number of rotatable bonds is 3. The number of hydrogen-bond donors (Lipinski definition) is 3. The Labute approximate surface area is 157 Å². The van der Waals surface area contributed by atoms with E-state index in [1.165, 1.54) is 29.8 Å². The van der Waals surface area contributed by atoms with Crippen LogP contribution in [-0.2, 0) is 7.05 Å². The predicted octanol–water partition coefficient (Wildman–Crippen LogP) is 1.23. The lowest BCUT2D eigenvalue weighted by Gasteiger charge is -2.12. The van der Waals surface area contributed by atoms with Crippen LogP contribution in [0.1, 0.15) is 20.7 Å². The Morgan fingerprint density at radius 2 is 1.75 bits per heavy atom. The summed E-state index contributed by atoms with van der Waals surface area (Å²) in [4.78, 5) is 47.0. The Balaban J connectivity index is 1.86. The molecule has 2 amide bonds. The normalized spacial score (nSPS) is 10.5. The molecule has 1 aromatic heterocycles. The van der Waals surface area contributed by atoms with Gasteiger partial charge in [-0.3, -0.25) is 35.3 Å². The molecule has 0 unspecified atom stereocenters. The van der Waals surface area contributed by atoms with Crippen molar-refractivity contribution >= 4 is 28.4 Å². The minimum absolute atomic E-state index is 0.0647. The maximum Gasteiger partial charge on any atom is 0.279 e. The number of nitro benzene ring substituents is 1. The van der Waals surface area contributed by atoms with Gasteiger partial charge in [-0.2, -0.15) is 0 Å². The first-order valence-corrected chi connectivity index (χ1v) is 7.97. The van der Waals surface area contributed by atoms with Crippen LogP contribution in [0.15, 0.2) is 53.3 Å². The number of benzene rings is 2. The predicted molar refractivity (Wildman–Crippen MR) is 98.9 cm³/mol. The molecule has 10 nitrogen and oxygen atoms in total. The number of hydrogen-bond acceptors (Lipinski definition) is 6. The number of aromatic hydroxyl groups is 1. The molecule has 0 atom stereocenters. The summed E-state index contributed by atoms with van der Waals surface area (Å²) < 4.78 is 1.20. The van der Waals surface area contributed by atoms with Crippen LogP contribution >= 0.6 is 0 Å². The van der Waals surface area contributed by atoms with Crippen molar-refractivity contribution in [1.82, 2.24) is 15.4 Å². The number of hydrazine groups is 1. The van der Waals surface area contributed by atoms with Gasteiger partial charge in [-0.25, -0.2) is 0 Å². The number of fused-ring (bicyclic) bond motifs is 1. The average Bonchev–Trinajstić information content (AvgIpc) is 2.70. The van der Waals surface area contributed by atoms with Crippen molar-refractivity contribution in [3.63, 3.8) is 0 Å². The molecule has 28 heavy (non-hydrogen) atoms. The Hall–Kier alpha value is -4.21. The van der Waals surface area contributed by atoms with Crippen molar-refractivity contribution in [1.29, 1.82) is 0 Å². The van der Waals surface area contributed by atoms with Crippen molar-refractivity contribution in [2.75, 3.05) is 0 Å². The van der Waals surface area contributed by atoms with Gasteiger partial charge in [-0.15, -0.1) is 0 Å². The second-order valence-electron chi connectivity index (χ2n) is 5.82. The van der Waals surface area contributed by atoms with Gasteiger partial charge in [0.25, 0.3) is 23.1 Å². The molecule has 3 rings (SSSR count). The molecule has 0 saturated heterocycles. The molecule has 0 aliphatic rings. The first-order chi connectivity index (χ1) is 13.3. The van der Waals surface area contributed by atoms with Crippen LogP contribution in [0, 0.1) is 10.1 Å². The molecule has 3 aromatic rings. The molecule has 0 bridgehead atoms. The minimum atomic E-state index is -1.03. The topological polar surface area (TPSA) is 144 Å². The monoisotopic (exact) mass is 382 g/mol. The Morgan fingerprint density at radius 1 is 1.07 bits per heavy atom. The average molecular weight is 382 g/mol. The number of carbonyl (C=O) groups excluding carboxylic acids is 2. The molecule has 3 N–H and O–H groups in total. The van der Waals surface area contributed by atoms with E-state index in [2.05, 4.69) is 5.43 Å². The van der Waals surface area contributed by atoms with Gasteiger partial charge in [-0.1, -0.05) is 18.2 Å². The first-order valence-electron chi connectivity index (χ1n) is 7.97. The summed E-state index contributed by atoms with van der Waals surface area (Å²) in [6.45, 7) is 0. The summed E-state index contributed by atoms with van der Waals surface area (Å²) in [5, 5.41) is 21.4. The summed E-state index contributed by atoms with van der Waals surface area (Å²) in [6.07, 6.45) is 0. The van der Waals surface area contributed by atoms with Gasteiger partial charge in [0.15, 0.2) is 0 Å². The number of carbonyl (C=O) groups is 2. The lowest BCUT2D eigenvalue weighted by Crippen LogP contribution is -2.44. The third-order valence-electron chi connectivity index (χ3n) is 4.11. The molecule has 2 aromatic carbocycles. The van der Waals surface area contributed by atoms with E-state index in [-0.39, 0.29) is 11.3 Å². The zero-order valence-electron chi connectivity index (χ0n) is 14.5. The third kappa shape index (κ3) is 3.26. The van der Waals surface area contributed by atoms with E-state index in [0.717, 1.165) is 6.07 Å². The molecule has 10 heteroatoms. The van der Waals surface area contributed by atoms with E-state index < -0.39 is 33.6 Å². The van der Waals surface area contributed by atoms with Crippen LogP contribution in [0.2, 0.25) is 0 Å². The van der Waals surface area contributed by atoms with Crippen molar-refractivity contribution in [3.05, 3.63) is 80.1 Å². The van der Waals surface area contributed by atoms with Crippen LogP contribution in [0.4, 0.5) is 5.69 Å². The smallest absolute Gasteiger partial charge is 0.279 e. The first kappa shape index (κ1) is 18.6. The lowest BCUT2D eigenvalue weighted by atomic mass is 10.1. The quantitative estimate of drug-likeness (QED) is 0.459. The number of nitrogens with one attached hydrogen (secondary N) is 2. The maximum atomic E-state index is 12.4. The van der Waals surface area contributed by atoms with Gasteiger partial charge in [0.05, 0.1) is 10.4 Å². The summed E-state index contributed by atoms with van der Waals surface area (Å²) in [6, 6.07) is 11.4. The fourth-order valence-electron chi connectivity index (χ4n) is 2.69. The number of nitro groups is 1. The number of amides is 2. The van der Waals surface area contributed by atoms with E-state index in [1.807, 2.05) is 5.43 Å². The summed E-state index contributed by atoms with van der Waals surface area (Å²) in [7, 11) is 1.45. The SMILES string of the molecule is Cn1c(=O)c(C(=O)NNC(=O)c2cccc([N+](=O)[O-])c2)c(O)c2ccccc21. The van der Waals surface area contributed by atoms with Gasteiger partial charge >= 0.3 is 0 Å². The second-order valence-corrected chi connectivity index (χ2v) is 5.82. The van der Waals surface area contributed by atoms with Gasteiger partial charge < -0.3 is 9.67 Å². The molecule has 0 saturated carbocycles.